The van der Waals surface area contributed by atoms with Crippen molar-refractivity contribution in [1.29, 1.82) is 0 Å². The molecule has 4 heteroatoms. The number of aromatic nitrogens is 1. The topological polar surface area (TPSA) is 30.0 Å². The van der Waals surface area contributed by atoms with E-state index in [4.69, 9.17) is 11.6 Å². The fourth-order valence-corrected chi connectivity index (χ4v) is 1.80. The number of rotatable bonds is 2. The third kappa shape index (κ3) is 2.19. The van der Waals surface area contributed by atoms with Crippen molar-refractivity contribution in [2.24, 2.45) is 0 Å². The van der Waals surface area contributed by atoms with E-state index in [2.05, 4.69) is 4.98 Å². The molecule has 0 aliphatic heterocycles. The smallest absolute Gasteiger partial charge is 0.199 e. The Bertz CT molecular complexity index is 563. The number of ketones is 1. The predicted molar refractivity (Wildman–Crippen MR) is 63.8 cm³/mol. The maximum Gasteiger partial charge on any atom is 0.199 e. The molecule has 17 heavy (non-hydrogen) atoms. The Balaban J connectivity index is 2.56. The minimum atomic E-state index is -0.620. The summed E-state index contributed by atoms with van der Waals surface area (Å²) in [6, 6.07) is 5.86. The molecule has 1 aromatic heterocycles. The summed E-state index contributed by atoms with van der Waals surface area (Å²) in [5.41, 5.74) is 0.995. The highest BCUT2D eigenvalue weighted by molar-refractivity contribution is 6.35. The quantitative estimate of drug-likeness (QED) is 0.764. The predicted octanol–water partition coefficient (Wildman–Crippen LogP) is 3.41. The minimum absolute atomic E-state index is 0.106. The van der Waals surface area contributed by atoms with E-state index in [1.165, 1.54) is 24.4 Å². The highest BCUT2D eigenvalue weighted by atomic mass is 35.5. The zero-order valence-corrected chi connectivity index (χ0v) is 9.83. The normalized spacial score (nSPS) is 10.3. The summed E-state index contributed by atoms with van der Waals surface area (Å²) in [5, 5.41) is 0.109. The molecule has 0 unspecified atom stereocenters. The van der Waals surface area contributed by atoms with Crippen molar-refractivity contribution in [3.63, 3.8) is 0 Å². The van der Waals surface area contributed by atoms with Gasteiger partial charge in [0.05, 0.1) is 10.6 Å². The second-order valence-electron chi connectivity index (χ2n) is 3.62. The zero-order chi connectivity index (χ0) is 12.4. The van der Waals surface area contributed by atoms with Gasteiger partial charge in [-0.1, -0.05) is 17.7 Å². The summed E-state index contributed by atoms with van der Waals surface area (Å²) >= 11 is 5.85. The van der Waals surface area contributed by atoms with Gasteiger partial charge in [-0.15, -0.1) is 0 Å². The number of nitrogens with zero attached hydrogens (tertiary/aromatic N) is 1. The lowest BCUT2D eigenvalue weighted by Crippen LogP contribution is -2.07. The first-order valence-corrected chi connectivity index (χ1v) is 5.38. The van der Waals surface area contributed by atoms with Crippen LogP contribution in [0.5, 0.6) is 0 Å². The monoisotopic (exact) mass is 249 g/mol. The Labute approximate surface area is 103 Å². The van der Waals surface area contributed by atoms with Crippen molar-refractivity contribution in [1.82, 2.24) is 4.98 Å². The van der Waals surface area contributed by atoms with Gasteiger partial charge in [-0.05, 0) is 30.7 Å². The molecule has 0 N–H and O–H groups in total. The molecular weight excluding hydrogens is 241 g/mol. The van der Waals surface area contributed by atoms with Crippen LogP contribution in [0.3, 0.4) is 0 Å². The molecule has 0 fully saturated rings. The molecule has 0 bridgehead atoms. The molecule has 0 atom stereocenters. The van der Waals surface area contributed by atoms with Crippen LogP contribution in [0.1, 0.15) is 21.5 Å². The van der Waals surface area contributed by atoms with E-state index < -0.39 is 11.6 Å². The van der Waals surface area contributed by atoms with Gasteiger partial charge in [-0.3, -0.25) is 9.78 Å². The molecule has 0 saturated carbocycles. The second kappa shape index (κ2) is 4.63. The second-order valence-corrected chi connectivity index (χ2v) is 4.02. The number of benzene rings is 1. The van der Waals surface area contributed by atoms with E-state index in [1.807, 2.05) is 0 Å². The van der Waals surface area contributed by atoms with E-state index in [9.17, 15) is 9.18 Å². The molecule has 2 aromatic rings. The summed E-state index contributed by atoms with van der Waals surface area (Å²) < 4.78 is 13.6. The summed E-state index contributed by atoms with van der Waals surface area (Å²) in [6.07, 6.45) is 3.00. The molecular formula is C13H9ClFNO. The Kier molecular flexibility index (Phi) is 3.20. The van der Waals surface area contributed by atoms with Gasteiger partial charge in [-0.2, -0.15) is 0 Å². The minimum Gasteiger partial charge on any atom is -0.288 e. The van der Waals surface area contributed by atoms with Crippen molar-refractivity contribution in [3.8, 4) is 0 Å². The maximum absolute atomic E-state index is 13.6. The van der Waals surface area contributed by atoms with Gasteiger partial charge in [-0.25, -0.2) is 4.39 Å². The number of pyridine rings is 1. The van der Waals surface area contributed by atoms with E-state index in [0.717, 1.165) is 5.56 Å². The van der Waals surface area contributed by atoms with Gasteiger partial charge in [0.2, 0.25) is 0 Å². The largest absolute Gasteiger partial charge is 0.288 e. The number of hydrogen-bond acceptors (Lipinski definition) is 2. The Morgan fingerprint density at radius 1 is 1.35 bits per heavy atom. The molecule has 0 spiro atoms. The van der Waals surface area contributed by atoms with Crippen molar-refractivity contribution >= 4 is 17.4 Å². The number of carbonyl (C=O) groups is 1. The average molecular weight is 250 g/mol. The van der Waals surface area contributed by atoms with Crippen LogP contribution in [0.15, 0.2) is 36.7 Å². The lowest BCUT2D eigenvalue weighted by atomic mass is 10.0. The highest BCUT2D eigenvalue weighted by Crippen LogP contribution is 2.23. The molecule has 1 heterocycles. The summed E-state index contributed by atoms with van der Waals surface area (Å²) in [6.45, 7) is 1.77. The number of aryl methyl sites for hydroxylation is 1. The van der Waals surface area contributed by atoms with Gasteiger partial charge >= 0.3 is 0 Å². The van der Waals surface area contributed by atoms with Crippen LogP contribution in [-0.2, 0) is 0 Å². The number of carbonyl (C=O) groups excluding carboxylic acids is 1. The fourth-order valence-electron chi connectivity index (χ4n) is 1.55. The first kappa shape index (κ1) is 11.7. The van der Waals surface area contributed by atoms with Crippen LogP contribution in [0.4, 0.5) is 4.39 Å². The molecule has 2 rings (SSSR count). The molecule has 86 valence electrons. The molecule has 0 saturated heterocycles. The highest BCUT2D eigenvalue weighted by Gasteiger charge is 2.18. The lowest BCUT2D eigenvalue weighted by molar-refractivity contribution is 0.103. The Hall–Kier alpha value is -1.74. The van der Waals surface area contributed by atoms with E-state index in [-0.39, 0.29) is 10.6 Å². The Morgan fingerprint density at radius 3 is 2.76 bits per heavy atom. The zero-order valence-electron chi connectivity index (χ0n) is 9.08. The van der Waals surface area contributed by atoms with Crippen molar-refractivity contribution in [2.45, 2.75) is 6.92 Å². The summed E-state index contributed by atoms with van der Waals surface area (Å²) in [5.74, 6) is -1.07. The van der Waals surface area contributed by atoms with Gasteiger partial charge < -0.3 is 0 Å². The van der Waals surface area contributed by atoms with E-state index in [0.29, 0.717) is 5.56 Å². The van der Waals surface area contributed by atoms with E-state index >= 15 is 0 Å². The SMILES string of the molecule is Cc1ccncc1C(=O)c1c(F)cccc1Cl. The van der Waals surface area contributed by atoms with Gasteiger partial charge in [0.25, 0.3) is 0 Å². The van der Waals surface area contributed by atoms with Crippen LogP contribution in [0.2, 0.25) is 5.02 Å². The fraction of sp³-hybridized carbons (Fsp3) is 0.0769. The molecule has 0 radical (unpaired) electrons. The first-order valence-electron chi connectivity index (χ1n) is 5.00. The summed E-state index contributed by atoms with van der Waals surface area (Å²) in [7, 11) is 0. The van der Waals surface area contributed by atoms with Crippen LogP contribution in [-0.4, -0.2) is 10.8 Å². The van der Waals surface area contributed by atoms with Gasteiger partial charge in [0.15, 0.2) is 5.78 Å². The van der Waals surface area contributed by atoms with Crippen molar-refractivity contribution in [3.05, 3.63) is 64.2 Å². The van der Waals surface area contributed by atoms with Gasteiger partial charge in [0.1, 0.15) is 5.82 Å². The molecule has 0 aliphatic rings. The molecule has 0 aliphatic carbocycles. The molecule has 2 nitrogen and oxygen atoms in total. The first-order chi connectivity index (χ1) is 8.11. The van der Waals surface area contributed by atoms with Crippen molar-refractivity contribution < 1.29 is 9.18 Å². The van der Waals surface area contributed by atoms with Crippen molar-refractivity contribution in [2.75, 3.05) is 0 Å². The van der Waals surface area contributed by atoms with E-state index in [1.54, 1.807) is 19.2 Å². The van der Waals surface area contributed by atoms with Crippen LogP contribution < -0.4 is 0 Å². The lowest BCUT2D eigenvalue weighted by Gasteiger charge is -2.06. The molecule has 1 aromatic carbocycles. The van der Waals surface area contributed by atoms with Crippen LogP contribution in [0.25, 0.3) is 0 Å². The van der Waals surface area contributed by atoms with Gasteiger partial charge in [0, 0.05) is 18.0 Å². The summed E-state index contributed by atoms with van der Waals surface area (Å²) in [4.78, 5) is 16.0. The van der Waals surface area contributed by atoms with Crippen LogP contribution >= 0.6 is 11.6 Å². The third-order valence-corrected chi connectivity index (χ3v) is 2.79. The third-order valence-electron chi connectivity index (χ3n) is 2.47. The standard InChI is InChI=1S/C13H9ClFNO/c1-8-5-6-16-7-9(8)13(17)12-10(14)3-2-4-11(12)15/h2-7H,1H3. The van der Waals surface area contributed by atoms with Crippen LogP contribution in [0, 0.1) is 12.7 Å². The number of halogens is 2. The molecule has 0 amide bonds. The maximum atomic E-state index is 13.6. The number of hydrogen-bond donors (Lipinski definition) is 0. The Morgan fingerprint density at radius 2 is 2.12 bits per heavy atom. The average Bonchev–Trinajstić information content (AvgIpc) is 2.29.